The number of nitrogens with two attached hydrogens (primary N) is 1. The van der Waals surface area contributed by atoms with E-state index in [9.17, 15) is 10.2 Å². The molecule has 2 aromatic heterocycles. The fraction of sp³-hybridized carbons (Fsp3) is 0.448. The number of hydrogen-bond acceptors (Lipinski definition) is 8. The number of ether oxygens (including phenoxy) is 1. The summed E-state index contributed by atoms with van der Waals surface area (Å²) in [5.41, 5.74) is 11.0. The number of anilines is 2. The van der Waals surface area contributed by atoms with Gasteiger partial charge in [0.25, 0.3) is 0 Å². The maximum absolute atomic E-state index is 9.96. The summed E-state index contributed by atoms with van der Waals surface area (Å²) in [6, 6.07) is 14.3. The molecule has 1 saturated carbocycles. The number of para-hydroxylation sites is 1. The van der Waals surface area contributed by atoms with Gasteiger partial charge in [0.05, 0.1) is 31.8 Å². The molecule has 1 atom stereocenters. The Balaban J connectivity index is 1.55. The average Bonchev–Trinajstić information content (AvgIpc) is 3.65. The third-order valence-electron chi connectivity index (χ3n) is 7.61. The first kappa shape index (κ1) is 26.2. The van der Waals surface area contributed by atoms with Gasteiger partial charge >= 0.3 is 0 Å². The third kappa shape index (κ3) is 5.27. The molecular formula is C29H38N6O3. The van der Waals surface area contributed by atoms with Crippen molar-refractivity contribution in [1.82, 2.24) is 19.9 Å². The summed E-state index contributed by atoms with van der Waals surface area (Å²) >= 11 is 0. The standard InChI is InChI=1S/C29H38N6O3/c1-3-6-21(16-36)32-27-26-25(33-28(30)34-27)22-7-4-5-8-23(22)35(26)15-20-13-19(9-10-24(20)38-2)14-31-17-29(18-37)11-12-29/h4-5,7-10,13,21,31,36-37H,3,6,11-12,14-18H2,1-2H3,(H3,30,32,33,34)/t21-/m0/s1. The van der Waals surface area contributed by atoms with Gasteiger partial charge in [0.2, 0.25) is 5.95 Å². The van der Waals surface area contributed by atoms with Crippen molar-refractivity contribution in [2.24, 2.45) is 5.41 Å². The van der Waals surface area contributed by atoms with E-state index in [2.05, 4.69) is 50.3 Å². The zero-order chi connectivity index (χ0) is 26.7. The highest BCUT2D eigenvalue weighted by molar-refractivity contribution is 6.09. The number of fused-ring (bicyclic) bond motifs is 3. The number of nitrogens with zero attached hydrogens (tertiary/aromatic N) is 3. The Bertz CT molecular complexity index is 1410. The van der Waals surface area contributed by atoms with Crippen LogP contribution in [0.1, 0.15) is 43.7 Å². The van der Waals surface area contributed by atoms with Crippen molar-refractivity contribution in [2.75, 3.05) is 37.9 Å². The highest BCUT2D eigenvalue weighted by atomic mass is 16.5. The lowest BCUT2D eigenvalue weighted by Gasteiger charge is -2.19. The fourth-order valence-corrected chi connectivity index (χ4v) is 5.24. The van der Waals surface area contributed by atoms with Crippen molar-refractivity contribution in [3.05, 3.63) is 53.6 Å². The van der Waals surface area contributed by atoms with Crippen molar-refractivity contribution in [1.29, 1.82) is 0 Å². The van der Waals surface area contributed by atoms with E-state index in [1.54, 1.807) is 7.11 Å². The van der Waals surface area contributed by atoms with Gasteiger partial charge in [0.15, 0.2) is 5.82 Å². The number of benzene rings is 2. The molecule has 2 heterocycles. The molecule has 0 spiro atoms. The Labute approximate surface area is 223 Å². The Morgan fingerprint density at radius 2 is 1.97 bits per heavy atom. The van der Waals surface area contributed by atoms with Gasteiger partial charge < -0.3 is 35.9 Å². The van der Waals surface area contributed by atoms with Gasteiger partial charge in [-0.15, -0.1) is 0 Å². The Kier molecular flexibility index (Phi) is 7.69. The van der Waals surface area contributed by atoms with E-state index in [0.29, 0.717) is 18.9 Å². The second-order valence-electron chi connectivity index (χ2n) is 10.5. The van der Waals surface area contributed by atoms with Crippen LogP contribution in [0, 0.1) is 5.41 Å². The van der Waals surface area contributed by atoms with Crippen molar-refractivity contribution in [3.63, 3.8) is 0 Å². The van der Waals surface area contributed by atoms with Gasteiger partial charge in [-0.1, -0.05) is 37.6 Å². The molecule has 9 heteroatoms. The predicted molar refractivity (Wildman–Crippen MR) is 151 cm³/mol. The summed E-state index contributed by atoms with van der Waals surface area (Å²) < 4.78 is 7.96. The van der Waals surface area contributed by atoms with E-state index < -0.39 is 0 Å². The zero-order valence-corrected chi connectivity index (χ0v) is 22.2. The van der Waals surface area contributed by atoms with E-state index in [0.717, 1.165) is 71.0 Å². The number of aliphatic hydroxyl groups excluding tert-OH is 2. The van der Waals surface area contributed by atoms with Crippen LogP contribution in [-0.4, -0.2) is 57.7 Å². The topological polar surface area (TPSA) is 130 Å². The van der Waals surface area contributed by atoms with E-state index in [1.165, 1.54) is 0 Å². The SMILES string of the molecule is CCC[C@@H](CO)Nc1nc(N)nc2c3ccccc3n(Cc3cc(CNCC4(CO)CC4)ccc3OC)c12. The fourth-order valence-electron chi connectivity index (χ4n) is 5.24. The molecule has 4 aromatic rings. The Morgan fingerprint density at radius 3 is 2.68 bits per heavy atom. The largest absolute Gasteiger partial charge is 0.496 e. The number of methoxy groups -OCH3 is 1. The molecule has 0 unspecified atom stereocenters. The molecule has 9 nitrogen and oxygen atoms in total. The molecule has 1 aliphatic carbocycles. The Hall–Kier alpha value is -3.40. The molecule has 0 aliphatic heterocycles. The molecule has 0 saturated heterocycles. The van der Waals surface area contributed by atoms with Crippen LogP contribution in [0.3, 0.4) is 0 Å². The van der Waals surface area contributed by atoms with Crippen LogP contribution in [0.2, 0.25) is 0 Å². The van der Waals surface area contributed by atoms with Gasteiger partial charge in [0, 0.05) is 36.1 Å². The van der Waals surface area contributed by atoms with Gasteiger partial charge in [-0.3, -0.25) is 0 Å². The molecule has 5 rings (SSSR count). The van der Waals surface area contributed by atoms with Gasteiger partial charge in [-0.2, -0.15) is 4.98 Å². The lowest BCUT2D eigenvalue weighted by atomic mass is 10.1. The van der Waals surface area contributed by atoms with Crippen molar-refractivity contribution < 1.29 is 14.9 Å². The van der Waals surface area contributed by atoms with Crippen LogP contribution in [0.15, 0.2) is 42.5 Å². The molecule has 0 amide bonds. The van der Waals surface area contributed by atoms with Crippen molar-refractivity contribution >= 4 is 33.7 Å². The van der Waals surface area contributed by atoms with Gasteiger partial charge in [-0.05, 0) is 43.0 Å². The lowest BCUT2D eigenvalue weighted by molar-refractivity contribution is 0.207. The summed E-state index contributed by atoms with van der Waals surface area (Å²) in [5.74, 6) is 1.61. The van der Waals surface area contributed by atoms with Crippen LogP contribution in [0.25, 0.3) is 21.9 Å². The lowest BCUT2D eigenvalue weighted by Crippen LogP contribution is -2.26. The predicted octanol–water partition coefficient (Wildman–Crippen LogP) is 3.66. The van der Waals surface area contributed by atoms with E-state index >= 15 is 0 Å². The quantitative estimate of drug-likeness (QED) is 0.181. The summed E-state index contributed by atoms with van der Waals surface area (Å²) in [6.07, 6.45) is 3.90. The zero-order valence-electron chi connectivity index (χ0n) is 22.2. The summed E-state index contributed by atoms with van der Waals surface area (Å²) in [4.78, 5) is 9.19. The maximum Gasteiger partial charge on any atom is 0.222 e. The first-order chi connectivity index (χ1) is 18.5. The number of aromatic nitrogens is 3. The number of aliphatic hydroxyl groups is 2. The van der Waals surface area contributed by atoms with E-state index in [-0.39, 0.29) is 30.6 Å². The minimum atomic E-state index is -0.137. The molecule has 202 valence electrons. The summed E-state index contributed by atoms with van der Waals surface area (Å²) in [7, 11) is 1.69. The average molecular weight is 519 g/mol. The highest BCUT2D eigenvalue weighted by Gasteiger charge is 2.41. The summed E-state index contributed by atoms with van der Waals surface area (Å²) in [6.45, 7) is 4.40. The van der Waals surface area contributed by atoms with Gasteiger partial charge in [0.1, 0.15) is 16.8 Å². The van der Waals surface area contributed by atoms with Crippen molar-refractivity contribution in [2.45, 2.75) is 51.7 Å². The second-order valence-corrected chi connectivity index (χ2v) is 10.5. The van der Waals surface area contributed by atoms with Gasteiger partial charge in [-0.25, -0.2) is 4.98 Å². The smallest absolute Gasteiger partial charge is 0.222 e. The first-order valence-corrected chi connectivity index (χ1v) is 13.4. The van der Waals surface area contributed by atoms with E-state index in [1.807, 2.05) is 24.3 Å². The van der Waals surface area contributed by atoms with E-state index in [4.69, 9.17) is 10.5 Å². The van der Waals surface area contributed by atoms with Crippen LogP contribution < -0.4 is 21.1 Å². The number of nitrogen functional groups attached to an aromatic ring is 1. The monoisotopic (exact) mass is 518 g/mol. The number of hydrogen-bond donors (Lipinski definition) is 5. The highest BCUT2D eigenvalue weighted by Crippen LogP contribution is 2.44. The van der Waals surface area contributed by atoms with Crippen LogP contribution in [-0.2, 0) is 13.1 Å². The molecule has 2 aromatic carbocycles. The molecule has 1 fully saturated rings. The number of rotatable bonds is 13. The van der Waals surface area contributed by atoms with Crippen LogP contribution >= 0.6 is 0 Å². The molecule has 6 N–H and O–H groups in total. The Morgan fingerprint density at radius 1 is 1.16 bits per heavy atom. The minimum absolute atomic E-state index is 0.0000948. The van der Waals surface area contributed by atoms with Crippen molar-refractivity contribution in [3.8, 4) is 5.75 Å². The maximum atomic E-state index is 9.96. The van der Waals surface area contributed by atoms with Crippen LogP contribution in [0.4, 0.5) is 11.8 Å². The summed E-state index contributed by atoms with van der Waals surface area (Å²) in [5, 5.41) is 27.5. The number of nitrogens with one attached hydrogen (secondary N) is 2. The molecular weight excluding hydrogens is 480 g/mol. The minimum Gasteiger partial charge on any atom is -0.496 e. The molecule has 38 heavy (non-hydrogen) atoms. The molecule has 0 bridgehead atoms. The third-order valence-corrected chi connectivity index (χ3v) is 7.61. The molecule has 1 aliphatic rings. The molecule has 0 radical (unpaired) electrons. The van der Waals surface area contributed by atoms with Crippen LogP contribution in [0.5, 0.6) is 5.75 Å². The second kappa shape index (κ2) is 11.1. The first-order valence-electron chi connectivity index (χ1n) is 13.4. The normalized spacial score (nSPS) is 15.2.